The Morgan fingerprint density at radius 2 is 0.434 bits per heavy atom. The van der Waals surface area contributed by atoms with Crippen molar-refractivity contribution >= 4 is 17.9 Å². The molecule has 6 nitrogen and oxygen atoms in total. The first-order valence-corrected chi connectivity index (χ1v) is 36.8. The van der Waals surface area contributed by atoms with Crippen LogP contribution in [0.2, 0.25) is 0 Å². The Morgan fingerprint density at radius 1 is 0.241 bits per heavy atom. The summed E-state index contributed by atoms with van der Waals surface area (Å²) in [6, 6.07) is 0. The highest BCUT2D eigenvalue weighted by Gasteiger charge is 2.19. The number of rotatable bonds is 68. The van der Waals surface area contributed by atoms with Crippen molar-refractivity contribution in [1.29, 1.82) is 0 Å². The molecule has 0 spiro atoms. The van der Waals surface area contributed by atoms with Gasteiger partial charge < -0.3 is 14.2 Å². The van der Waals surface area contributed by atoms with Gasteiger partial charge in [-0.05, 0) is 109 Å². The predicted molar refractivity (Wildman–Crippen MR) is 362 cm³/mol. The summed E-state index contributed by atoms with van der Waals surface area (Å²) >= 11 is 0. The summed E-state index contributed by atoms with van der Waals surface area (Å²) in [5.74, 6) is -0.860. The van der Waals surface area contributed by atoms with E-state index in [0.29, 0.717) is 19.3 Å². The molecule has 0 saturated carbocycles. The fourth-order valence-electron chi connectivity index (χ4n) is 10.9. The molecule has 0 N–H and O–H groups in total. The third-order valence-electron chi connectivity index (χ3n) is 16.5. The van der Waals surface area contributed by atoms with Crippen LogP contribution >= 0.6 is 0 Å². The van der Waals surface area contributed by atoms with Crippen molar-refractivity contribution in [3.8, 4) is 0 Å². The van der Waals surface area contributed by atoms with Crippen LogP contribution in [0.5, 0.6) is 0 Å². The Kier molecular flexibility index (Phi) is 69.1. The SMILES string of the molecule is CCCCCCC/C=C\C/C=C\C/C=C\CCCCCCCCCCC(=O)OCC(COC(=O)CCCCCCCCCCC/C=C\CCCCCCCC)OC(=O)CCCCCCCCCCCCC/C=C\CCCCCCCCCC. The van der Waals surface area contributed by atoms with Gasteiger partial charge in [-0.2, -0.15) is 0 Å². The number of carbonyl (C=O) groups excluding carboxylic acids is 3. The summed E-state index contributed by atoms with van der Waals surface area (Å²) < 4.78 is 17.0. The van der Waals surface area contributed by atoms with Gasteiger partial charge in [0, 0.05) is 19.3 Å². The van der Waals surface area contributed by atoms with E-state index < -0.39 is 6.10 Å². The molecule has 0 bridgehead atoms. The second-order valence-electron chi connectivity index (χ2n) is 24.8. The van der Waals surface area contributed by atoms with Crippen LogP contribution in [-0.4, -0.2) is 37.2 Å². The largest absolute Gasteiger partial charge is 0.462 e. The van der Waals surface area contributed by atoms with Crippen LogP contribution in [0.25, 0.3) is 0 Å². The average molecular weight is 1160 g/mol. The maximum absolute atomic E-state index is 13.0. The summed E-state index contributed by atoms with van der Waals surface area (Å²) in [7, 11) is 0. The third-order valence-corrected chi connectivity index (χ3v) is 16.5. The summed E-state index contributed by atoms with van der Waals surface area (Å²) in [5, 5.41) is 0. The predicted octanol–water partition coefficient (Wildman–Crippen LogP) is 25.5. The molecule has 83 heavy (non-hydrogen) atoms. The molecule has 0 aromatic carbocycles. The van der Waals surface area contributed by atoms with Crippen molar-refractivity contribution in [2.24, 2.45) is 0 Å². The normalized spacial score (nSPS) is 12.4. The number of hydrogen-bond acceptors (Lipinski definition) is 6. The van der Waals surface area contributed by atoms with E-state index in [9.17, 15) is 14.4 Å². The van der Waals surface area contributed by atoms with E-state index >= 15 is 0 Å². The van der Waals surface area contributed by atoms with Crippen LogP contribution in [-0.2, 0) is 28.6 Å². The van der Waals surface area contributed by atoms with Crippen LogP contribution in [0.4, 0.5) is 0 Å². The van der Waals surface area contributed by atoms with E-state index in [2.05, 4.69) is 81.5 Å². The van der Waals surface area contributed by atoms with E-state index in [1.807, 2.05) is 0 Å². The van der Waals surface area contributed by atoms with Crippen molar-refractivity contribution in [3.05, 3.63) is 60.8 Å². The maximum Gasteiger partial charge on any atom is 0.306 e. The van der Waals surface area contributed by atoms with Gasteiger partial charge >= 0.3 is 17.9 Å². The molecule has 484 valence electrons. The van der Waals surface area contributed by atoms with Gasteiger partial charge in [0.25, 0.3) is 0 Å². The van der Waals surface area contributed by atoms with Crippen molar-refractivity contribution in [3.63, 3.8) is 0 Å². The molecule has 0 aliphatic rings. The summed E-state index contributed by atoms with van der Waals surface area (Å²) in [5.41, 5.74) is 0. The van der Waals surface area contributed by atoms with Gasteiger partial charge in [0.1, 0.15) is 13.2 Å². The minimum Gasteiger partial charge on any atom is -0.462 e. The molecule has 0 amide bonds. The van der Waals surface area contributed by atoms with Crippen LogP contribution in [0.3, 0.4) is 0 Å². The monoisotopic (exact) mass is 1160 g/mol. The molecule has 0 rings (SSSR count). The van der Waals surface area contributed by atoms with Crippen LogP contribution in [0.1, 0.15) is 393 Å². The van der Waals surface area contributed by atoms with Gasteiger partial charge in [-0.15, -0.1) is 0 Å². The molecule has 0 radical (unpaired) electrons. The van der Waals surface area contributed by atoms with E-state index in [4.69, 9.17) is 14.2 Å². The van der Waals surface area contributed by atoms with Crippen molar-refractivity contribution in [2.75, 3.05) is 13.2 Å². The minimum absolute atomic E-state index is 0.0751. The highest BCUT2D eigenvalue weighted by atomic mass is 16.6. The fraction of sp³-hybridized carbons (Fsp3) is 0.831. The second-order valence-corrected chi connectivity index (χ2v) is 24.8. The lowest BCUT2D eigenvalue weighted by Gasteiger charge is -2.18. The van der Waals surface area contributed by atoms with Gasteiger partial charge in [-0.25, -0.2) is 0 Å². The molecule has 1 atom stereocenters. The highest BCUT2D eigenvalue weighted by molar-refractivity contribution is 5.71. The number of hydrogen-bond donors (Lipinski definition) is 0. The Labute approximate surface area is 517 Å². The lowest BCUT2D eigenvalue weighted by Crippen LogP contribution is -2.30. The molecular weight excluding hydrogens is 1020 g/mol. The Balaban J connectivity index is 4.36. The average Bonchev–Trinajstić information content (AvgIpc) is 3.49. The number of unbranched alkanes of at least 4 members (excludes halogenated alkanes) is 47. The number of carbonyl (C=O) groups is 3. The lowest BCUT2D eigenvalue weighted by atomic mass is 10.0. The fourth-order valence-corrected chi connectivity index (χ4v) is 10.9. The summed E-state index contributed by atoms with van der Waals surface area (Å²) in [6.45, 7) is 6.68. The van der Waals surface area contributed by atoms with E-state index in [1.165, 1.54) is 276 Å². The molecule has 1 unspecified atom stereocenters. The topological polar surface area (TPSA) is 78.9 Å². The zero-order chi connectivity index (χ0) is 59.9. The molecule has 0 heterocycles. The smallest absolute Gasteiger partial charge is 0.306 e. The standard InChI is InChI=1S/C77H140O6/c1-4-7-10-13-16-19-22-25-28-31-34-36-38-40-43-46-49-52-55-58-61-64-67-70-76(79)82-73-74(72-81-75(78)69-66-63-60-57-54-51-48-45-42-33-30-27-24-21-18-15-12-9-6-3)83-77(80)71-68-65-62-59-56-53-50-47-44-41-39-37-35-32-29-26-23-20-17-14-11-8-5-2/h22,25,27,30-32,34-35,38,40,74H,4-21,23-24,26,28-29,33,36-37,39,41-73H2,1-3H3/b25-22-,30-27-,34-31-,35-32-,40-38-. The van der Waals surface area contributed by atoms with Gasteiger partial charge in [0.15, 0.2) is 6.10 Å². The third kappa shape index (κ3) is 69.8. The van der Waals surface area contributed by atoms with Crippen molar-refractivity contribution in [1.82, 2.24) is 0 Å². The second kappa shape index (κ2) is 71.6. The zero-order valence-electron chi connectivity index (χ0n) is 55.7. The van der Waals surface area contributed by atoms with E-state index in [1.54, 1.807) is 0 Å². The highest BCUT2D eigenvalue weighted by Crippen LogP contribution is 2.18. The summed E-state index contributed by atoms with van der Waals surface area (Å²) in [4.78, 5) is 38.5. The zero-order valence-corrected chi connectivity index (χ0v) is 55.7. The molecule has 0 fully saturated rings. The number of esters is 3. The molecule has 0 aromatic rings. The van der Waals surface area contributed by atoms with Crippen LogP contribution in [0, 0.1) is 0 Å². The quantitative estimate of drug-likeness (QED) is 0.0261. The van der Waals surface area contributed by atoms with Gasteiger partial charge in [-0.1, -0.05) is 326 Å². The first-order chi connectivity index (χ1) is 41.0. The Morgan fingerprint density at radius 3 is 0.687 bits per heavy atom. The molecular formula is C77H140O6. The first-order valence-electron chi connectivity index (χ1n) is 36.8. The molecule has 6 heteroatoms. The molecule has 0 saturated heterocycles. The lowest BCUT2D eigenvalue weighted by molar-refractivity contribution is -0.167. The van der Waals surface area contributed by atoms with Gasteiger partial charge in [0.2, 0.25) is 0 Å². The molecule has 0 aliphatic carbocycles. The number of allylic oxidation sites excluding steroid dienone is 10. The summed E-state index contributed by atoms with van der Waals surface area (Å²) in [6.07, 6.45) is 92.4. The maximum atomic E-state index is 13.0. The number of ether oxygens (including phenoxy) is 3. The van der Waals surface area contributed by atoms with E-state index in [0.717, 1.165) is 77.0 Å². The Hall–Kier alpha value is -2.89. The van der Waals surface area contributed by atoms with E-state index in [-0.39, 0.29) is 31.1 Å². The minimum atomic E-state index is -0.781. The van der Waals surface area contributed by atoms with Gasteiger partial charge in [0.05, 0.1) is 0 Å². The Bertz CT molecular complexity index is 1470. The van der Waals surface area contributed by atoms with Crippen LogP contribution in [0.15, 0.2) is 60.8 Å². The van der Waals surface area contributed by atoms with Crippen molar-refractivity contribution < 1.29 is 28.6 Å². The van der Waals surface area contributed by atoms with Gasteiger partial charge in [-0.3, -0.25) is 14.4 Å². The molecule has 0 aliphatic heterocycles. The van der Waals surface area contributed by atoms with Crippen molar-refractivity contribution in [2.45, 2.75) is 399 Å². The van der Waals surface area contributed by atoms with Crippen LogP contribution < -0.4 is 0 Å². The molecule has 0 aromatic heterocycles. The first kappa shape index (κ1) is 80.1.